The van der Waals surface area contributed by atoms with Crippen molar-refractivity contribution in [2.24, 2.45) is 0 Å². The van der Waals surface area contributed by atoms with E-state index in [1.807, 2.05) is 19.3 Å². The topological polar surface area (TPSA) is 48.5 Å². The second-order valence-electron chi connectivity index (χ2n) is 7.47. The van der Waals surface area contributed by atoms with Gasteiger partial charge in [0.25, 0.3) is 0 Å². The molecule has 5 nitrogen and oxygen atoms in total. The molecule has 2 rings (SSSR count). The molecule has 1 saturated carbocycles. The first-order valence-electron chi connectivity index (χ1n) is 8.94. The van der Waals surface area contributed by atoms with Crippen LogP contribution in [0.5, 0.6) is 0 Å². The standard InChI is InChI=1S/C19H32N4O/c1-15-8-11-20-17(12-15)13-16(2)23(5)18(24)21-14-19(22(3)4)9-6-7-10-19/h8,11-12,16H,6-7,9-10,13-14H2,1-5H3,(H,21,24)/t16-/m1/s1. The molecule has 0 radical (unpaired) electrons. The quantitative estimate of drug-likeness (QED) is 0.871. The molecule has 1 N–H and O–H groups in total. The number of rotatable bonds is 6. The van der Waals surface area contributed by atoms with Crippen LogP contribution in [-0.2, 0) is 6.42 Å². The number of likely N-dealkylation sites (N-methyl/N-ethyl adjacent to an activating group) is 2. The third kappa shape index (κ3) is 4.47. The molecule has 1 aliphatic rings. The SMILES string of the molecule is Cc1ccnc(C[C@@H](C)N(C)C(=O)NCC2(N(C)C)CCCC2)c1. The first-order chi connectivity index (χ1) is 11.3. The van der Waals surface area contributed by atoms with Crippen LogP contribution in [0.2, 0.25) is 0 Å². The summed E-state index contributed by atoms with van der Waals surface area (Å²) in [6, 6.07) is 4.19. The molecule has 0 bridgehead atoms. The number of aromatic nitrogens is 1. The lowest BCUT2D eigenvalue weighted by Crippen LogP contribution is -2.53. The molecule has 1 aromatic heterocycles. The Morgan fingerprint density at radius 3 is 2.58 bits per heavy atom. The lowest BCUT2D eigenvalue weighted by molar-refractivity contribution is 0.145. The van der Waals surface area contributed by atoms with Crippen molar-refractivity contribution in [1.29, 1.82) is 0 Å². The van der Waals surface area contributed by atoms with Crippen molar-refractivity contribution in [3.8, 4) is 0 Å². The van der Waals surface area contributed by atoms with Gasteiger partial charge in [0, 0.05) is 43.5 Å². The van der Waals surface area contributed by atoms with Gasteiger partial charge in [-0.3, -0.25) is 4.98 Å². The number of nitrogens with zero attached hydrogens (tertiary/aromatic N) is 3. The van der Waals surface area contributed by atoms with Gasteiger partial charge in [-0.05, 0) is 58.5 Å². The smallest absolute Gasteiger partial charge is 0.317 e. The van der Waals surface area contributed by atoms with Crippen LogP contribution in [0.15, 0.2) is 18.3 Å². The maximum absolute atomic E-state index is 12.5. The van der Waals surface area contributed by atoms with E-state index in [1.165, 1.54) is 18.4 Å². The molecule has 134 valence electrons. The zero-order valence-corrected chi connectivity index (χ0v) is 15.8. The predicted molar refractivity (Wildman–Crippen MR) is 98.2 cm³/mol. The number of carbonyl (C=O) groups is 1. The molecule has 0 saturated heterocycles. The molecule has 0 aromatic carbocycles. The van der Waals surface area contributed by atoms with Crippen LogP contribution in [0.3, 0.4) is 0 Å². The van der Waals surface area contributed by atoms with E-state index in [4.69, 9.17) is 0 Å². The summed E-state index contributed by atoms with van der Waals surface area (Å²) in [5.74, 6) is 0. The second kappa shape index (κ2) is 7.97. The van der Waals surface area contributed by atoms with Crippen molar-refractivity contribution in [3.63, 3.8) is 0 Å². The highest BCUT2D eigenvalue weighted by Crippen LogP contribution is 2.33. The third-order valence-corrected chi connectivity index (χ3v) is 5.51. The summed E-state index contributed by atoms with van der Waals surface area (Å²) in [6.45, 7) is 4.86. The van der Waals surface area contributed by atoms with Crippen molar-refractivity contribution in [1.82, 2.24) is 20.1 Å². The van der Waals surface area contributed by atoms with E-state index in [0.29, 0.717) is 0 Å². The maximum atomic E-state index is 12.5. The van der Waals surface area contributed by atoms with Gasteiger partial charge in [0.05, 0.1) is 0 Å². The number of nitrogens with one attached hydrogen (secondary N) is 1. The first-order valence-corrected chi connectivity index (χ1v) is 8.94. The first kappa shape index (κ1) is 18.7. The monoisotopic (exact) mass is 332 g/mol. The Morgan fingerprint density at radius 1 is 1.33 bits per heavy atom. The molecule has 1 heterocycles. The molecular formula is C19H32N4O. The van der Waals surface area contributed by atoms with Crippen molar-refractivity contribution < 1.29 is 4.79 Å². The van der Waals surface area contributed by atoms with Gasteiger partial charge < -0.3 is 15.1 Å². The van der Waals surface area contributed by atoms with Crippen LogP contribution in [-0.4, -0.2) is 60.1 Å². The van der Waals surface area contributed by atoms with E-state index in [1.54, 1.807) is 4.90 Å². The number of amides is 2. The summed E-state index contributed by atoms with van der Waals surface area (Å²) in [4.78, 5) is 21.0. The van der Waals surface area contributed by atoms with Gasteiger partial charge in [-0.25, -0.2) is 4.79 Å². The summed E-state index contributed by atoms with van der Waals surface area (Å²) in [7, 11) is 6.10. The molecule has 1 aliphatic carbocycles. The molecule has 1 aromatic rings. The molecule has 0 unspecified atom stereocenters. The fraction of sp³-hybridized carbons (Fsp3) is 0.684. The Labute approximate surface area is 146 Å². The normalized spacial score (nSPS) is 17.8. The number of aryl methyl sites for hydroxylation is 1. The Bertz CT molecular complexity index is 552. The Kier molecular flexibility index (Phi) is 6.21. The highest BCUT2D eigenvalue weighted by Gasteiger charge is 2.36. The lowest BCUT2D eigenvalue weighted by atomic mass is 9.96. The minimum atomic E-state index is 0.00304. The van der Waals surface area contributed by atoms with Crippen molar-refractivity contribution in [3.05, 3.63) is 29.6 Å². The van der Waals surface area contributed by atoms with Crippen LogP contribution in [0.1, 0.15) is 43.9 Å². The zero-order valence-electron chi connectivity index (χ0n) is 15.8. The predicted octanol–water partition coefficient (Wildman–Crippen LogP) is 2.84. The third-order valence-electron chi connectivity index (χ3n) is 5.51. The Morgan fingerprint density at radius 2 is 2.00 bits per heavy atom. The molecular weight excluding hydrogens is 300 g/mol. The van der Waals surface area contributed by atoms with Gasteiger partial charge in [0.2, 0.25) is 0 Å². The van der Waals surface area contributed by atoms with Crippen LogP contribution >= 0.6 is 0 Å². The van der Waals surface area contributed by atoms with Gasteiger partial charge in [-0.1, -0.05) is 12.8 Å². The minimum absolute atomic E-state index is 0.00304. The molecule has 0 aliphatic heterocycles. The zero-order chi connectivity index (χ0) is 17.7. The Hall–Kier alpha value is -1.62. The van der Waals surface area contributed by atoms with E-state index in [0.717, 1.165) is 31.5 Å². The Balaban J connectivity index is 1.89. The molecule has 1 atom stereocenters. The molecule has 2 amide bonds. The van der Waals surface area contributed by atoms with Gasteiger partial charge in [-0.15, -0.1) is 0 Å². The summed E-state index contributed by atoms with van der Waals surface area (Å²) >= 11 is 0. The number of urea groups is 1. The highest BCUT2D eigenvalue weighted by atomic mass is 16.2. The lowest BCUT2D eigenvalue weighted by Gasteiger charge is -2.37. The van der Waals surface area contributed by atoms with Crippen molar-refractivity contribution in [2.75, 3.05) is 27.7 Å². The molecule has 5 heteroatoms. The van der Waals surface area contributed by atoms with Gasteiger partial charge in [-0.2, -0.15) is 0 Å². The van der Waals surface area contributed by atoms with Crippen LogP contribution in [0.25, 0.3) is 0 Å². The van der Waals surface area contributed by atoms with Gasteiger partial charge >= 0.3 is 6.03 Å². The summed E-state index contributed by atoms with van der Waals surface area (Å²) in [5, 5.41) is 3.15. The average Bonchev–Trinajstić information content (AvgIpc) is 3.02. The van der Waals surface area contributed by atoms with Crippen LogP contribution < -0.4 is 5.32 Å². The molecule has 24 heavy (non-hydrogen) atoms. The average molecular weight is 332 g/mol. The minimum Gasteiger partial charge on any atom is -0.336 e. The van der Waals surface area contributed by atoms with E-state index >= 15 is 0 Å². The number of hydrogen-bond donors (Lipinski definition) is 1. The number of carbonyl (C=O) groups excluding carboxylic acids is 1. The fourth-order valence-electron chi connectivity index (χ4n) is 3.53. The van der Waals surface area contributed by atoms with Crippen LogP contribution in [0, 0.1) is 6.92 Å². The van der Waals surface area contributed by atoms with E-state index in [9.17, 15) is 4.79 Å². The van der Waals surface area contributed by atoms with Crippen molar-refractivity contribution in [2.45, 2.75) is 57.5 Å². The van der Waals surface area contributed by atoms with Gasteiger partial charge in [0.15, 0.2) is 0 Å². The highest BCUT2D eigenvalue weighted by molar-refractivity contribution is 5.74. The summed E-state index contributed by atoms with van der Waals surface area (Å²) in [6.07, 6.45) is 7.42. The summed E-state index contributed by atoms with van der Waals surface area (Å²) < 4.78 is 0. The van der Waals surface area contributed by atoms with E-state index in [-0.39, 0.29) is 17.6 Å². The summed E-state index contributed by atoms with van der Waals surface area (Å²) in [5.41, 5.74) is 2.36. The molecule has 0 spiro atoms. The van der Waals surface area contributed by atoms with E-state index < -0.39 is 0 Å². The maximum Gasteiger partial charge on any atom is 0.317 e. The van der Waals surface area contributed by atoms with Crippen LogP contribution in [0.4, 0.5) is 4.79 Å². The largest absolute Gasteiger partial charge is 0.336 e. The fourth-order valence-corrected chi connectivity index (χ4v) is 3.53. The van der Waals surface area contributed by atoms with E-state index in [2.05, 4.69) is 49.2 Å². The molecule has 1 fully saturated rings. The number of pyridine rings is 1. The van der Waals surface area contributed by atoms with Crippen molar-refractivity contribution >= 4 is 6.03 Å². The van der Waals surface area contributed by atoms with Gasteiger partial charge in [0.1, 0.15) is 0 Å². The number of hydrogen-bond acceptors (Lipinski definition) is 3. The second-order valence-corrected chi connectivity index (χ2v) is 7.47.